The van der Waals surface area contributed by atoms with Gasteiger partial charge in [0.25, 0.3) is 0 Å². The molecule has 1 aromatic heterocycles. The fourth-order valence-corrected chi connectivity index (χ4v) is 2.75. The number of amides is 2. The molecule has 0 fully saturated rings. The summed E-state index contributed by atoms with van der Waals surface area (Å²) >= 11 is 0. The number of hydrogen-bond donors (Lipinski definition) is 2. The minimum Gasteiger partial charge on any atom is -0.331 e. The maximum atomic E-state index is 12.1. The molecule has 3 rings (SSSR count). The SMILES string of the molecule is CC(NC(=O)Nc1ccc2c(c1)CCC2)c1ccncc1. The van der Waals surface area contributed by atoms with Crippen molar-refractivity contribution in [2.24, 2.45) is 0 Å². The predicted octanol–water partition coefficient (Wildman–Crippen LogP) is 3.45. The smallest absolute Gasteiger partial charge is 0.319 e. The number of fused-ring (bicyclic) bond motifs is 1. The van der Waals surface area contributed by atoms with Crippen LogP contribution in [-0.4, -0.2) is 11.0 Å². The Kier molecular flexibility index (Phi) is 3.86. The van der Waals surface area contributed by atoms with Crippen LogP contribution in [0.4, 0.5) is 10.5 Å². The lowest BCUT2D eigenvalue weighted by atomic mass is 10.1. The standard InChI is InChI=1S/C17H19N3O/c1-12(13-7-9-18-10-8-13)19-17(21)20-16-6-5-14-3-2-4-15(14)11-16/h5-12H,2-4H2,1H3,(H2,19,20,21). The molecular formula is C17H19N3O. The molecule has 0 radical (unpaired) electrons. The monoisotopic (exact) mass is 281 g/mol. The van der Waals surface area contributed by atoms with Crippen LogP contribution in [0, 0.1) is 0 Å². The molecule has 1 atom stereocenters. The van der Waals surface area contributed by atoms with Crippen molar-refractivity contribution in [2.45, 2.75) is 32.2 Å². The van der Waals surface area contributed by atoms with Gasteiger partial charge in [-0.25, -0.2) is 4.79 Å². The van der Waals surface area contributed by atoms with Gasteiger partial charge in [0, 0.05) is 18.1 Å². The fraction of sp³-hybridized carbons (Fsp3) is 0.294. The number of aromatic nitrogens is 1. The van der Waals surface area contributed by atoms with Gasteiger partial charge in [0.15, 0.2) is 0 Å². The highest BCUT2D eigenvalue weighted by molar-refractivity contribution is 5.89. The first-order chi connectivity index (χ1) is 10.2. The highest BCUT2D eigenvalue weighted by atomic mass is 16.2. The van der Waals surface area contributed by atoms with Crippen molar-refractivity contribution in [1.82, 2.24) is 10.3 Å². The largest absolute Gasteiger partial charge is 0.331 e. The first-order valence-corrected chi connectivity index (χ1v) is 7.31. The number of benzene rings is 1. The van der Waals surface area contributed by atoms with E-state index in [9.17, 15) is 4.79 Å². The molecule has 0 aliphatic heterocycles. The zero-order chi connectivity index (χ0) is 14.7. The van der Waals surface area contributed by atoms with Crippen LogP contribution in [-0.2, 0) is 12.8 Å². The Morgan fingerprint density at radius 3 is 2.71 bits per heavy atom. The summed E-state index contributed by atoms with van der Waals surface area (Å²) in [5.74, 6) is 0. The first-order valence-electron chi connectivity index (χ1n) is 7.31. The Bertz CT molecular complexity index is 640. The molecule has 0 bridgehead atoms. The van der Waals surface area contributed by atoms with Gasteiger partial charge in [-0.3, -0.25) is 4.98 Å². The van der Waals surface area contributed by atoms with Crippen molar-refractivity contribution in [3.63, 3.8) is 0 Å². The van der Waals surface area contributed by atoms with E-state index >= 15 is 0 Å². The van der Waals surface area contributed by atoms with Gasteiger partial charge in [-0.1, -0.05) is 6.07 Å². The predicted molar refractivity (Wildman–Crippen MR) is 83.3 cm³/mol. The van der Waals surface area contributed by atoms with Crippen molar-refractivity contribution < 1.29 is 4.79 Å². The van der Waals surface area contributed by atoms with E-state index < -0.39 is 0 Å². The molecule has 0 saturated heterocycles. The normalized spacial score (nSPS) is 14.3. The zero-order valence-electron chi connectivity index (χ0n) is 12.1. The summed E-state index contributed by atoms with van der Waals surface area (Å²) in [6.45, 7) is 1.96. The lowest BCUT2D eigenvalue weighted by Crippen LogP contribution is -2.31. The number of urea groups is 1. The fourth-order valence-electron chi connectivity index (χ4n) is 2.75. The molecule has 2 aromatic rings. The van der Waals surface area contributed by atoms with Crippen LogP contribution in [0.2, 0.25) is 0 Å². The van der Waals surface area contributed by atoms with E-state index in [4.69, 9.17) is 0 Å². The van der Waals surface area contributed by atoms with E-state index in [1.54, 1.807) is 12.4 Å². The van der Waals surface area contributed by atoms with Crippen LogP contribution < -0.4 is 10.6 Å². The Morgan fingerprint density at radius 1 is 1.14 bits per heavy atom. The molecule has 1 heterocycles. The molecule has 108 valence electrons. The Balaban J connectivity index is 1.61. The summed E-state index contributed by atoms with van der Waals surface area (Å²) in [6, 6.07) is 9.74. The third-order valence-electron chi connectivity index (χ3n) is 3.91. The highest BCUT2D eigenvalue weighted by Gasteiger charge is 2.13. The van der Waals surface area contributed by atoms with Gasteiger partial charge in [0.2, 0.25) is 0 Å². The van der Waals surface area contributed by atoms with Gasteiger partial charge < -0.3 is 10.6 Å². The van der Waals surface area contributed by atoms with E-state index in [-0.39, 0.29) is 12.1 Å². The van der Waals surface area contributed by atoms with Crippen molar-refractivity contribution in [1.29, 1.82) is 0 Å². The Morgan fingerprint density at radius 2 is 1.90 bits per heavy atom. The van der Waals surface area contributed by atoms with Gasteiger partial charge in [-0.15, -0.1) is 0 Å². The molecule has 4 heteroatoms. The van der Waals surface area contributed by atoms with Crippen LogP contribution in [0.3, 0.4) is 0 Å². The Hall–Kier alpha value is -2.36. The summed E-state index contributed by atoms with van der Waals surface area (Å²) in [6.07, 6.45) is 6.93. The van der Waals surface area contributed by atoms with Crippen molar-refractivity contribution in [3.05, 3.63) is 59.4 Å². The third kappa shape index (κ3) is 3.21. The second-order valence-electron chi connectivity index (χ2n) is 5.44. The van der Waals surface area contributed by atoms with E-state index in [1.807, 2.05) is 25.1 Å². The van der Waals surface area contributed by atoms with Gasteiger partial charge in [-0.05, 0) is 67.1 Å². The topological polar surface area (TPSA) is 54.0 Å². The lowest BCUT2D eigenvalue weighted by Gasteiger charge is -2.15. The molecule has 2 N–H and O–H groups in total. The number of rotatable bonds is 3. The molecule has 1 aliphatic carbocycles. The van der Waals surface area contributed by atoms with Gasteiger partial charge >= 0.3 is 6.03 Å². The lowest BCUT2D eigenvalue weighted by molar-refractivity contribution is 0.249. The molecule has 1 aromatic carbocycles. The molecule has 1 unspecified atom stereocenters. The molecule has 21 heavy (non-hydrogen) atoms. The maximum Gasteiger partial charge on any atom is 0.319 e. The number of nitrogens with one attached hydrogen (secondary N) is 2. The number of nitrogens with zero attached hydrogens (tertiary/aromatic N) is 1. The summed E-state index contributed by atoms with van der Waals surface area (Å²) in [5.41, 5.74) is 4.66. The van der Waals surface area contributed by atoms with Crippen LogP contribution >= 0.6 is 0 Å². The van der Waals surface area contributed by atoms with Crippen LogP contribution in [0.5, 0.6) is 0 Å². The number of carbonyl (C=O) groups excluding carboxylic acids is 1. The Labute approximate surface area is 124 Å². The first kappa shape index (κ1) is 13.6. The second-order valence-corrected chi connectivity index (χ2v) is 5.44. The quantitative estimate of drug-likeness (QED) is 0.905. The summed E-state index contributed by atoms with van der Waals surface area (Å²) in [5, 5.41) is 5.84. The van der Waals surface area contributed by atoms with Crippen molar-refractivity contribution in [3.8, 4) is 0 Å². The number of anilines is 1. The van der Waals surface area contributed by atoms with Crippen LogP contribution in [0.25, 0.3) is 0 Å². The van der Waals surface area contributed by atoms with E-state index in [0.717, 1.165) is 24.1 Å². The van der Waals surface area contributed by atoms with Gasteiger partial charge in [0.05, 0.1) is 6.04 Å². The van der Waals surface area contributed by atoms with Crippen molar-refractivity contribution >= 4 is 11.7 Å². The second kappa shape index (κ2) is 5.95. The number of aryl methyl sites for hydroxylation is 2. The molecule has 0 saturated carbocycles. The van der Waals surface area contributed by atoms with Crippen LogP contribution in [0.1, 0.15) is 36.1 Å². The average molecular weight is 281 g/mol. The molecular weight excluding hydrogens is 262 g/mol. The maximum absolute atomic E-state index is 12.1. The average Bonchev–Trinajstić information content (AvgIpc) is 2.95. The molecule has 1 aliphatic rings. The molecule has 2 amide bonds. The molecule has 4 nitrogen and oxygen atoms in total. The van der Waals surface area contributed by atoms with Gasteiger partial charge in [0.1, 0.15) is 0 Å². The minimum atomic E-state index is -0.183. The van der Waals surface area contributed by atoms with E-state index in [1.165, 1.54) is 17.5 Å². The van der Waals surface area contributed by atoms with E-state index in [2.05, 4.69) is 27.8 Å². The van der Waals surface area contributed by atoms with Gasteiger partial charge in [-0.2, -0.15) is 0 Å². The molecule has 0 spiro atoms. The number of pyridine rings is 1. The van der Waals surface area contributed by atoms with E-state index in [0.29, 0.717) is 0 Å². The number of carbonyl (C=O) groups is 1. The highest BCUT2D eigenvalue weighted by Crippen LogP contribution is 2.24. The third-order valence-corrected chi connectivity index (χ3v) is 3.91. The minimum absolute atomic E-state index is 0.0533. The number of hydrogen-bond acceptors (Lipinski definition) is 2. The summed E-state index contributed by atoms with van der Waals surface area (Å²) < 4.78 is 0. The summed E-state index contributed by atoms with van der Waals surface area (Å²) in [4.78, 5) is 16.0. The van der Waals surface area contributed by atoms with Crippen molar-refractivity contribution in [2.75, 3.05) is 5.32 Å². The van der Waals surface area contributed by atoms with Crippen LogP contribution in [0.15, 0.2) is 42.7 Å². The summed E-state index contributed by atoms with van der Waals surface area (Å²) in [7, 11) is 0. The zero-order valence-corrected chi connectivity index (χ0v) is 12.1.